The molecule has 0 saturated carbocycles. The third-order valence-electron chi connectivity index (χ3n) is 3.33. The maximum Gasteiger partial charge on any atom is 0.277 e. The molecule has 5 nitrogen and oxygen atoms in total. The lowest BCUT2D eigenvalue weighted by Gasteiger charge is -2.11. The van der Waals surface area contributed by atoms with Crippen molar-refractivity contribution < 1.29 is 18.3 Å². The Morgan fingerprint density at radius 2 is 1.88 bits per heavy atom. The van der Waals surface area contributed by atoms with Crippen LogP contribution < -0.4 is 4.74 Å². The summed E-state index contributed by atoms with van der Waals surface area (Å²) in [4.78, 5) is 12.1. The van der Waals surface area contributed by atoms with Gasteiger partial charge in [-0.05, 0) is 19.1 Å². The van der Waals surface area contributed by atoms with Crippen molar-refractivity contribution in [2.45, 2.75) is 18.3 Å². The summed E-state index contributed by atoms with van der Waals surface area (Å²) in [6.45, 7) is 1.68. The third kappa shape index (κ3) is 4.45. The Bertz CT molecular complexity index is 854. The number of para-hydroxylation sites is 1. The van der Waals surface area contributed by atoms with E-state index in [1.54, 1.807) is 31.2 Å². The molecule has 0 unspecified atom stereocenters. The Kier molecular flexibility index (Phi) is 5.45. The minimum atomic E-state index is -0.608. The molecule has 1 aromatic heterocycles. The van der Waals surface area contributed by atoms with Gasteiger partial charge in [-0.15, -0.1) is 10.2 Å². The Labute approximate surface area is 148 Å². The van der Waals surface area contributed by atoms with Gasteiger partial charge in [-0.25, -0.2) is 4.39 Å². The zero-order chi connectivity index (χ0) is 17.6. The lowest BCUT2D eigenvalue weighted by Crippen LogP contribution is -2.04. The first-order chi connectivity index (χ1) is 12.1. The summed E-state index contributed by atoms with van der Waals surface area (Å²) in [6, 6.07) is 15.1. The van der Waals surface area contributed by atoms with Crippen LogP contribution in [0.15, 0.2) is 64.2 Å². The number of carbonyl (C=O) groups is 1. The summed E-state index contributed by atoms with van der Waals surface area (Å²) in [6.07, 6.45) is -0.608. The second kappa shape index (κ2) is 7.94. The second-order valence-electron chi connectivity index (χ2n) is 5.17. The van der Waals surface area contributed by atoms with Crippen LogP contribution in [0.1, 0.15) is 29.3 Å². The number of ketones is 1. The fourth-order valence-corrected chi connectivity index (χ4v) is 2.72. The molecular weight excluding hydrogens is 343 g/mol. The molecule has 0 radical (unpaired) electrons. The van der Waals surface area contributed by atoms with Crippen LogP contribution in [0.3, 0.4) is 0 Å². The van der Waals surface area contributed by atoms with Crippen LogP contribution >= 0.6 is 11.8 Å². The van der Waals surface area contributed by atoms with E-state index in [1.165, 1.54) is 12.1 Å². The molecule has 0 aliphatic carbocycles. The van der Waals surface area contributed by atoms with E-state index in [0.29, 0.717) is 5.56 Å². The predicted molar refractivity (Wildman–Crippen MR) is 91.2 cm³/mol. The molecule has 7 heteroatoms. The van der Waals surface area contributed by atoms with Crippen LogP contribution in [-0.2, 0) is 0 Å². The van der Waals surface area contributed by atoms with Crippen molar-refractivity contribution >= 4 is 17.5 Å². The number of carbonyl (C=O) groups excluding carboxylic acids is 1. The number of halogens is 1. The zero-order valence-electron chi connectivity index (χ0n) is 13.4. The van der Waals surface area contributed by atoms with Gasteiger partial charge in [0, 0.05) is 5.56 Å². The highest BCUT2D eigenvalue weighted by atomic mass is 32.2. The van der Waals surface area contributed by atoms with Gasteiger partial charge in [-0.1, -0.05) is 54.2 Å². The largest absolute Gasteiger partial charge is 0.478 e. The van der Waals surface area contributed by atoms with E-state index in [9.17, 15) is 9.18 Å². The molecular formula is C18H15FN2O3S. The Morgan fingerprint density at radius 3 is 2.64 bits per heavy atom. The lowest BCUT2D eigenvalue weighted by molar-refractivity contribution is 0.102. The average Bonchev–Trinajstić information content (AvgIpc) is 3.11. The molecule has 0 aliphatic rings. The van der Waals surface area contributed by atoms with E-state index in [1.807, 2.05) is 18.2 Å². The maximum absolute atomic E-state index is 13.6. The van der Waals surface area contributed by atoms with Gasteiger partial charge in [0.15, 0.2) is 23.5 Å². The summed E-state index contributed by atoms with van der Waals surface area (Å²) < 4.78 is 24.6. The highest BCUT2D eigenvalue weighted by molar-refractivity contribution is 7.99. The SMILES string of the molecule is C[C@@H](Oc1ccccc1F)c1nnc(SCC(=O)c2ccccc2)o1. The normalized spacial score (nSPS) is 11.9. The van der Waals surface area contributed by atoms with Gasteiger partial charge < -0.3 is 9.15 Å². The molecule has 1 heterocycles. The number of hydrogen-bond acceptors (Lipinski definition) is 6. The van der Waals surface area contributed by atoms with Crippen LogP contribution in [0.2, 0.25) is 0 Å². The van der Waals surface area contributed by atoms with Crippen molar-refractivity contribution in [1.29, 1.82) is 0 Å². The van der Waals surface area contributed by atoms with Crippen molar-refractivity contribution in [3.63, 3.8) is 0 Å². The third-order valence-corrected chi connectivity index (χ3v) is 4.15. The Morgan fingerprint density at radius 1 is 1.16 bits per heavy atom. The molecule has 0 saturated heterocycles. The van der Waals surface area contributed by atoms with Gasteiger partial charge in [0.05, 0.1) is 5.75 Å². The quantitative estimate of drug-likeness (QED) is 0.463. The lowest BCUT2D eigenvalue weighted by atomic mass is 10.2. The smallest absolute Gasteiger partial charge is 0.277 e. The molecule has 0 N–H and O–H groups in total. The van der Waals surface area contributed by atoms with Gasteiger partial charge in [0.2, 0.25) is 0 Å². The summed E-state index contributed by atoms with van der Waals surface area (Å²) in [5.74, 6) is 0.0336. The minimum absolute atomic E-state index is 0.0268. The number of aromatic nitrogens is 2. The fourth-order valence-electron chi connectivity index (χ4n) is 2.06. The number of thioether (sulfide) groups is 1. The van der Waals surface area contributed by atoms with Crippen LogP contribution in [-0.4, -0.2) is 21.7 Å². The number of hydrogen-bond donors (Lipinski definition) is 0. The van der Waals surface area contributed by atoms with Crippen LogP contribution in [0.25, 0.3) is 0 Å². The van der Waals surface area contributed by atoms with Gasteiger partial charge in [-0.3, -0.25) is 4.79 Å². The summed E-state index contributed by atoms with van der Waals surface area (Å²) >= 11 is 1.15. The summed E-state index contributed by atoms with van der Waals surface area (Å²) in [5, 5.41) is 8.05. The number of nitrogens with zero attached hydrogens (tertiary/aromatic N) is 2. The first-order valence-corrected chi connectivity index (χ1v) is 8.57. The Balaban J connectivity index is 1.58. The topological polar surface area (TPSA) is 65.2 Å². The molecule has 3 rings (SSSR count). The zero-order valence-corrected chi connectivity index (χ0v) is 14.2. The van der Waals surface area contributed by atoms with Gasteiger partial charge in [0.25, 0.3) is 11.1 Å². The number of ether oxygens (including phenoxy) is 1. The van der Waals surface area contributed by atoms with Gasteiger partial charge in [-0.2, -0.15) is 0 Å². The first kappa shape index (κ1) is 17.2. The molecule has 128 valence electrons. The van der Waals surface area contributed by atoms with Crippen molar-refractivity contribution in [1.82, 2.24) is 10.2 Å². The number of benzene rings is 2. The highest BCUT2D eigenvalue weighted by Gasteiger charge is 2.18. The molecule has 0 aliphatic heterocycles. The van der Waals surface area contributed by atoms with E-state index in [0.717, 1.165) is 11.8 Å². The molecule has 1 atom stereocenters. The molecule has 0 spiro atoms. The Hall–Kier alpha value is -2.67. The average molecular weight is 358 g/mol. The minimum Gasteiger partial charge on any atom is -0.478 e. The standard InChI is InChI=1S/C18H15FN2O3S/c1-12(23-16-10-6-5-9-14(16)19)17-20-21-18(24-17)25-11-15(22)13-7-3-2-4-8-13/h2-10,12H,11H2,1H3/t12-/m1/s1. The number of rotatable bonds is 7. The van der Waals surface area contributed by atoms with Crippen LogP contribution in [0.5, 0.6) is 5.75 Å². The van der Waals surface area contributed by atoms with E-state index >= 15 is 0 Å². The first-order valence-electron chi connectivity index (χ1n) is 7.59. The van der Waals surface area contributed by atoms with E-state index in [-0.39, 0.29) is 28.4 Å². The molecule has 0 amide bonds. The predicted octanol–water partition coefficient (Wildman–Crippen LogP) is 4.32. The van der Waals surface area contributed by atoms with E-state index in [2.05, 4.69) is 10.2 Å². The van der Waals surface area contributed by atoms with Crippen LogP contribution in [0, 0.1) is 5.82 Å². The molecule has 3 aromatic rings. The molecule has 2 aromatic carbocycles. The van der Waals surface area contributed by atoms with Gasteiger partial charge in [0.1, 0.15) is 0 Å². The molecule has 0 bridgehead atoms. The maximum atomic E-state index is 13.6. The van der Waals surface area contributed by atoms with Gasteiger partial charge >= 0.3 is 0 Å². The van der Waals surface area contributed by atoms with Crippen molar-refractivity contribution in [2.75, 3.05) is 5.75 Å². The number of Topliss-reactive ketones (excluding diaryl/α,β-unsaturated/α-hetero) is 1. The monoisotopic (exact) mass is 358 g/mol. The van der Waals surface area contributed by atoms with E-state index in [4.69, 9.17) is 9.15 Å². The summed E-state index contributed by atoms with van der Waals surface area (Å²) in [7, 11) is 0. The summed E-state index contributed by atoms with van der Waals surface area (Å²) in [5.41, 5.74) is 0.631. The van der Waals surface area contributed by atoms with E-state index < -0.39 is 11.9 Å². The van der Waals surface area contributed by atoms with Crippen molar-refractivity contribution in [3.05, 3.63) is 71.9 Å². The van der Waals surface area contributed by atoms with Crippen LogP contribution in [0.4, 0.5) is 4.39 Å². The second-order valence-corrected chi connectivity index (χ2v) is 6.10. The fraction of sp³-hybridized carbons (Fsp3) is 0.167. The van der Waals surface area contributed by atoms with Crippen molar-refractivity contribution in [2.24, 2.45) is 0 Å². The molecule has 0 fully saturated rings. The van der Waals surface area contributed by atoms with Crippen molar-refractivity contribution in [3.8, 4) is 5.75 Å². The molecule has 25 heavy (non-hydrogen) atoms. The highest BCUT2D eigenvalue weighted by Crippen LogP contribution is 2.25.